The molecule has 0 N–H and O–H groups in total. The highest BCUT2D eigenvalue weighted by molar-refractivity contribution is 5.96. The van der Waals surface area contributed by atoms with E-state index in [1.54, 1.807) is 6.07 Å². The third-order valence-electron chi connectivity index (χ3n) is 3.08. The van der Waals surface area contributed by atoms with Crippen molar-refractivity contribution in [2.45, 2.75) is 12.8 Å². The van der Waals surface area contributed by atoms with Crippen molar-refractivity contribution < 1.29 is 18.8 Å². The van der Waals surface area contributed by atoms with E-state index in [-0.39, 0.29) is 5.78 Å². The first-order valence-corrected chi connectivity index (χ1v) is 6.69. The minimum absolute atomic E-state index is 0.156. The van der Waals surface area contributed by atoms with Crippen LogP contribution < -0.4 is 9.47 Å². The number of nitrogens with zero attached hydrogens (tertiary/aromatic N) is 1. The average Bonchev–Trinajstić information content (AvgIpc) is 2.59. The second-order valence-corrected chi connectivity index (χ2v) is 5.90. The molecular formula is C15H22NO3+. The fourth-order valence-corrected chi connectivity index (χ4v) is 1.92. The molecule has 0 aliphatic carbocycles. The second kappa shape index (κ2) is 5.61. The van der Waals surface area contributed by atoms with E-state index < -0.39 is 0 Å². The molecule has 0 saturated heterocycles. The first-order chi connectivity index (χ1) is 8.96. The van der Waals surface area contributed by atoms with E-state index in [0.717, 1.165) is 23.2 Å². The number of fused-ring (bicyclic) bond motifs is 1. The Morgan fingerprint density at radius 2 is 1.84 bits per heavy atom. The number of hydrogen-bond acceptors (Lipinski definition) is 3. The van der Waals surface area contributed by atoms with Gasteiger partial charge in [-0.1, -0.05) is 0 Å². The maximum absolute atomic E-state index is 12.2. The number of quaternary nitrogens is 1. The Morgan fingerprint density at radius 1 is 1.16 bits per heavy atom. The van der Waals surface area contributed by atoms with Gasteiger partial charge in [-0.15, -0.1) is 0 Å². The number of ketones is 1. The number of hydrogen-bond donors (Lipinski definition) is 0. The first kappa shape index (κ1) is 13.9. The summed E-state index contributed by atoms with van der Waals surface area (Å²) in [4.78, 5) is 12.2. The third-order valence-corrected chi connectivity index (χ3v) is 3.08. The van der Waals surface area contributed by atoms with Crippen molar-refractivity contribution in [1.82, 2.24) is 0 Å². The molecule has 1 heterocycles. The molecule has 104 valence electrons. The van der Waals surface area contributed by atoms with Crippen LogP contribution in [0.2, 0.25) is 0 Å². The lowest BCUT2D eigenvalue weighted by Gasteiger charge is -2.23. The van der Waals surface area contributed by atoms with Crippen LogP contribution in [0.4, 0.5) is 0 Å². The first-order valence-electron chi connectivity index (χ1n) is 6.69. The maximum atomic E-state index is 12.2. The lowest BCUT2D eigenvalue weighted by Crippen LogP contribution is -2.36. The highest BCUT2D eigenvalue weighted by Gasteiger charge is 2.16. The number of ether oxygens (including phenoxy) is 2. The van der Waals surface area contributed by atoms with Gasteiger partial charge in [0.1, 0.15) is 0 Å². The van der Waals surface area contributed by atoms with Gasteiger partial charge in [0.2, 0.25) is 0 Å². The lowest BCUT2D eigenvalue weighted by molar-refractivity contribution is -0.869. The van der Waals surface area contributed by atoms with E-state index in [1.807, 2.05) is 12.1 Å². The van der Waals surface area contributed by atoms with Gasteiger partial charge in [-0.3, -0.25) is 4.79 Å². The van der Waals surface area contributed by atoms with Gasteiger partial charge in [-0.25, -0.2) is 0 Å². The molecule has 0 radical (unpaired) electrons. The molecule has 0 atom stereocenters. The number of rotatable bonds is 4. The van der Waals surface area contributed by atoms with Gasteiger partial charge in [0.05, 0.1) is 47.3 Å². The summed E-state index contributed by atoms with van der Waals surface area (Å²) in [5, 5.41) is 0. The quantitative estimate of drug-likeness (QED) is 0.617. The number of carbonyl (C=O) groups is 1. The van der Waals surface area contributed by atoms with Crippen LogP contribution in [0.1, 0.15) is 23.2 Å². The summed E-state index contributed by atoms with van der Waals surface area (Å²) in [7, 11) is 6.25. The van der Waals surface area contributed by atoms with Crippen molar-refractivity contribution in [2.75, 3.05) is 40.9 Å². The molecule has 0 spiro atoms. The van der Waals surface area contributed by atoms with Gasteiger partial charge < -0.3 is 14.0 Å². The molecule has 4 nitrogen and oxygen atoms in total. The summed E-state index contributed by atoms with van der Waals surface area (Å²) in [5.74, 6) is 1.58. The minimum Gasteiger partial charge on any atom is -0.490 e. The van der Waals surface area contributed by atoms with Crippen LogP contribution in [0.15, 0.2) is 18.2 Å². The highest BCUT2D eigenvalue weighted by atomic mass is 16.5. The standard InChI is InChI=1S/C15H22NO3/c1-16(2,3)8-7-13(17)12-5-6-14-15(11-12)19-10-4-9-18-14/h5-6,11H,4,7-10H2,1-3H3/q+1. The molecule has 19 heavy (non-hydrogen) atoms. The molecule has 1 aromatic rings. The molecule has 0 saturated carbocycles. The summed E-state index contributed by atoms with van der Waals surface area (Å²) in [6.07, 6.45) is 1.42. The molecule has 2 rings (SSSR count). The Labute approximate surface area is 114 Å². The SMILES string of the molecule is C[N+](C)(C)CCC(=O)c1ccc2c(c1)OCCCO2. The van der Waals surface area contributed by atoms with Gasteiger partial charge >= 0.3 is 0 Å². The van der Waals surface area contributed by atoms with Crippen molar-refractivity contribution in [3.63, 3.8) is 0 Å². The summed E-state index contributed by atoms with van der Waals surface area (Å²) in [6, 6.07) is 5.46. The van der Waals surface area contributed by atoms with Crippen molar-refractivity contribution in [3.8, 4) is 11.5 Å². The Balaban J connectivity index is 2.08. The zero-order valence-corrected chi connectivity index (χ0v) is 11.9. The van der Waals surface area contributed by atoms with E-state index in [0.29, 0.717) is 30.9 Å². The number of Topliss-reactive ketones (excluding diaryl/α,β-unsaturated/α-hetero) is 1. The van der Waals surface area contributed by atoms with Gasteiger partial charge in [0.15, 0.2) is 17.3 Å². The average molecular weight is 264 g/mol. The molecule has 0 amide bonds. The molecular weight excluding hydrogens is 242 g/mol. The number of benzene rings is 1. The molecule has 4 heteroatoms. The van der Waals surface area contributed by atoms with E-state index >= 15 is 0 Å². The predicted octanol–water partition coefficient (Wildman–Crippen LogP) is 2.13. The van der Waals surface area contributed by atoms with Crippen LogP contribution in [0.5, 0.6) is 11.5 Å². The van der Waals surface area contributed by atoms with Crippen LogP contribution in [-0.4, -0.2) is 51.2 Å². The van der Waals surface area contributed by atoms with Crippen molar-refractivity contribution in [2.24, 2.45) is 0 Å². The van der Waals surface area contributed by atoms with Crippen LogP contribution >= 0.6 is 0 Å². The fourth-order valence-electron chi connectivity index (χ4n) is 1.92. The van der Waals surface area contributed by atoms with E-state index in [2.05, 4.69) is 21.1 Å². The monoisotopic (exact) mass is 264 g/mol. The molecule has 0 aromatic heterocycles. The normalized spacial score (nSPS) is 14.9. The van der Waals surface area contributed by atoms with Crippen molar-refractivity contribution in [1.29, 1.82) is 0 Å². The Morgan fingerprint density at radius 3 is 2.53 bits per heavy atom. The largest absolute Gasteiger partial charge is 0.490 e. The van der Waals surface area contributed by atoms with Crippen LogP contribution in [-0.2, 0) is 0 Å². The summed E-state index contributed by atoms with van der Waals surface area (Å²) in [5.41, 5.74) is 0.706. The Bertz CT molecular complexity index is 463. The second-order valence-electron chi connectivity index (χ2n) is 5.90. The van der Waals surface area contributed by atoms with E-state index in [1.165, 1.54) is 0 Å². The predicted molar refractivity (Wildman–Crippen MR) is 73.9 cm³/mol. The third kappa shape index (κ3) is 3.96. The molecule has 0 unspecified atom stereocenters. The molecule has 1 aliphatic rings. The highest BCUT2D eigenvalue weighted by Crippen LogP contribution is 2.30. The fraction of sp³-hybridized carbons (Fsp3) is 0.533. The number of carbonyl (C=O) groups excluding carboxylic acids is 1. The molecule has 1 aliphatic heterocycles. The summed E-state index contributed by atoms with van der Waals surface area (Å²) in [6.45, 7) is 2.14. The summed E-state index contributed by atoms with van der Waals surface area (Å²) < 4.78 is 11.9. The lowest BCUT2D eigenvalue weighted by atomic mass is 10.1. The van der Waals surface area contributed by atoms with Crippen molar-refractivity contribution >= 4 is 5.78 Å². The smallest absolute Gasteiger partial charge is 0.168 e. The van der Waals surface area contributed by atoms with Gasteiger partial charge in [0.25, 0.3) is 0 Å². The van der Waals surface area contributed by atoms with Crippen LogP contribution in [0.3, 0.4) is 0 Å². The maximum Gasteiger partial charge on any atom is 0.168 e. The molecule has 0 fully saturated rings. The topological polar surface area (TPSA) is 35.5 Å². The van der Waals surface area contributed by atoms with Crippen LogP contribution in [0, 0.1) is 0 Å². The van der Waals surface area contributed by atoms with E-state index in [9.17, 15) is 4.79 Å². The molecule has 0 bridgehead atoms. The Hall–Kier alpha value is -1.55. The zero-order valence-electron chi connectivity index (χ0n) is 11.9. The van der Waals surface area contributed by atoms with E-state index in [4.69, 9.17) is 9.47 Å². The minimum atomic E-state index is 0.156. The Kier molecular flexibility index (Phi) is 4.10. The van der Waals surface area contributed by atoms with Crippen molar-refractivity contribution in [3.05, 3.63) is 23.8 Å². The summed E-state index contributed by atoms with van der Waals surface area (Å²) >= 11 is 0. The van der Waals surface area contributed by atoms with Gasteiger partial charge in [-0.05, 0) is 18.2 Å². The van der Waals surface area contributed by atoms with Crippen LogP contribution in [0.25, 0.3) is 0 Å². The van der Waals surface area contributed by atoms with Gasteiger partial charge in [0, 0.05) is 12.0 Å². The molecule has 1 aromatic carbocycles. The zero-order chi connectivity index (χ0) is 13.9. The van der Waals surface area contributed by atoms with Gasteiger partial charge in [-0.2, -0.15) is 0 Å².